The maximum atomic E-state index is 12.7. The predicted octanol–water partition coefficient (Wildman–Crippen LogP) is 2.74. The lowest BCUT2D eigenvalue weighted by molar-refractivity contribution is 0.102. The molecule has 0 atom stereocenters. The van der Waals surface area contributed by atoms with Crippen LogP contribution in [-0.2, 0) is 21.3 Å². The van der Waals surface area contributed by atoms with Crippen LogP contribution < -0.4 is 14.8 Å². The predicted molar refractivity (Wildman–Crippen MR) is 113 cm³/mol. The number of hydrogen-bond acceptors (Lipinski definition) is 7. The summed E-state index contributed by atoms with van der Waals surface area (Å²) in [6.07, 6.45) is 2.92. The van der Waals surface area contributed by atoms with Crippen LogP contribution in [0.3, 0.4) is 0 Å². The first kappa shape index (κ1) is 22.5. The number of nitrogens with zero attached hydrogens (tertiary/aromatic N) is 1. The number of pyridine rings is 1. The summed E-state index contributed by atoms with van der Waals surface area (Å²) in [5, 5.41) is 2.71. The van der Waals surface area contributed by atoms with Gasteiger partial charge in [0.2, 0.25) is 15.9 Å². The number of sulfonamides is 1. The lowest BCUT2D eigenvalue weighted by Crippen LogP contribution is -2.24. The Morgan fingerprint density at radius 2 is 2.00 bits per heavy atom. The molecule has 0 aliphatic heterocycles. The van der Waals surface area contributed by atoms with E-state index in [9.17, 15) is 13.2 Å². The van der Waals surface area contributed by atoms with E-state index < -0.39 is 15.9 Å². The minimum atomic E-state index is -3.83. The van der Waals surface area contributed by atoms with E-state index in [2.05, 4.69) is 15.0 Å². The average molecular weight is 445 g/mol. The number of hydrogen-bond donors (Lipinski definition) is 2. The lowest BCUT2D eigenvalue weighted by Gasteiger charge is -2.11. The van der Waals surface area contributed by atoms with Crippen molar-refractivity contribution in [2.24, 2.45) is 0 Å². The number of nitrogens with one attached hydrogen (secondary N) is 2. The van der Waals surface area contributed by atoms with Crippen molar-refractivity contribution < 1.29 is 27.1 Å². The lowest BCUT2D eigenvalue weighted by atomic mass is 10.1. The topological polar surface area (TPSA) is 120 Å². The van der Waals surface area contributed by atoms with Gasteiger partial charge in [0.1, 0.15) is 12.4 Å². The van der Waals surface area contributed by atoms with Gasteiger partial charge in [0.05, 0.1) is 36.2 Å². The fourth-order valence-electron chi connectivity index (χ4n) is 2.64. The summed E-state index contributed by atoms with van der Waals surface area (Å²) in [4.78, 5) is 16.8. The summed E-state index contributed by atoms with van der Waals surface area (Å²) in [5.41, 5.74) is 1.32. The van der Waals surface area contributed by atoms with Crippen LogP contribution in [0.1, 0.15) is 21.7 Å². The van der Waals surface area contributed by atoms with Crippen molar-refractivity contribution in [2.75, 3.05) is 25.6 Å². The number of ether oxygens (including phenoxy) is 2. The Kier molecular flexibility index (Phi) is 7.40. The Bertz CT molecular complexity index is 1110. The molecule has 0 spiro atoms. The number of carbonyl (C=O) groups excluding carboxylic acids is 1. The van der Waals surface area contributed by atoms with Crippen LogP contribution in [0, 0.1) is 6.92 Å². The molecule has 0 aliphatic rings. The molecule has 1 aromatic carbocycles. The number of benzene rings is 1. The van der Waals surface area contributed by atoms with Gasteiger partial charge in [-0.3, -0.25) is 4.79 Å². The molecular weight excluding hydrogens is 422 g/mol. The van der Waals surface area contributed by atoms with E-state index in [0.717, 1.165) is 0 Å². The van der Waals surface area contributed by atoms with Crippen molar-refractivity contribution in [1.82, 2.24) is 9.71 Å². The van der Waals surface area contributed by atoms with E-state index in [0.29, 0.717) is 36.1 Å². The van der Waals surface area contributed by atoms with E-state index in [1.54, 1.807) is 44.4 Å². The van der Waals surface area contributed by atoms with Crippen LogP contribution in [0.2, 0.25) is 0 Å². The van der Waals surface area contributed by atoms with Gasteiger partial charge in [-0.2, -0.15) is 0 Å². The molecule has 31 heavy (non-hydrogen) atoms. The molecule has 3 aromatic rings. The maximum Gasteiger partial charge on any atom is 0.256 e. The highest BCUT2D eigenvalue weighted by atomic mass is 32.2. The summed E-state index contributed by atoms with van der Waals surface area (Å²) in [6, 6.07) is 11.0. The molecule has 3 rings (SSSR count). The zero-order valence-corrected chi connectivity index (χ0v) is 17.9. The van der Waals surface area contributed by atoms with Gasteiger partial charge in [-0.15, -0.1) is 0 Å². The molecule has 2 aromatic heterocycles. The second-order valence-electron chi connectivity index (χ2n) is 6.56. The molecule has 0 bridgehead atoms. The van der Waals surface area contributed by atoms with Gasteiger partial charge in [0.25, 0.3) is 5.91 Å². The van der Waals surface area contributed by atoms with E-state index in [4.69, 9.17) is 13.9 Å². The Labute approximate surface area is 180 Å². The number of anilines is 1. The van der Waals surface area contributed by atoms with Crippen molar-refractivity contribution in [3.63, 3.8) is 0 Å². The van der Waals surface area contributed by atoms with Crippen molar-refractivity contribution in [3.8, 4) is 5.88 Å². The van der Waals surface area contributed by atoms with Crippen molar-refractivity contribution in [2.45, 2.75) is 18.4 Å². The van der Waals surface area contributed by atoms with Crippen LogP contribution in [0.25, 0.3) is 0 Å². The highest BCUT2D eigenvalue weighted by molar-refractivity contribution is 7.89. The van der Waals surface area contributed by atoms with E-state index >= 15 is 0 Å². The van der Waals surface area contributed by atoms with Crippen LogP contribution in [0.5, 0.6) is 5.88 Å². The van der Waals surface area contributed by atoms with Gasteiger partial charge in [-0.1, -0.05) is 6.07 Å². The third-order valence-electron chi connectivity index (χ3n) is 4.31. The highest BCUT2D eigenvalue weighted by Crippen LogP contribution is 2.19. The monoisotopic (exact) mass is 445 g/mol. The van der Waals surface area contributed by atoms with Crippen molar-refractivity contribution in [1.29, 1.82) is 0 Å². The molecule has 0 fully saturated rings. The fraction of sp³-hybridized carbons (Fsp3) is 0.238. The number of methoxy groups -OCH3 is 1. The third-order valence-corrected chi connectivity index (χ3v) is 5.71. The summed E-state index contributed by atoms with van der Waals surface area (Å²) >= 11 is 0. The number of amides is 1. The van der Waals surface area contributed by atoms with Crippen LogP contribution in [0.4, 0.5) is 5.69 Å². The molecule has 0 saturated carbocycles. The molecule has 10 heteroatoms. The van der Waals surface area contributed by atoms with E-state index in [1.165, 1.54) is 24.6 Å². The molecular formula is C21H23N3O6S. The number of carbonyl (C=O) groups is 1. The van der Waals surface area contributed by atoms with Gasteiger partial charge in [0, 0.05) is 18.7 Å². The normalized spacial score (nSPS) is 11.3. The maximum absolute atomic E-state index is 12.7. The van der Waals surface area contributed by atoms with E-state index in [-0.39, 0.29) is 17.0 Å². The number of rotatable bonds is 10. The van der Waals surface area contributed by atoms with E-state index in [1.807, 2.05) is 0 Å². The fourth-order valence-corrected chi connectivity index (χ4v) is 3.66. The second-order valence-corrected chi connectivity index (χ2v) is 8.33. The minimum Gasteiger partial charge on any atom is -0.475 e. The average Bonchev–Trinajstić information content (AvgIpc) is 3.28. The van der Waals surface area contributed by atoms with Gasteiger partial charge in [0.15, 0.2) is 0 Å². The Hall–Kier alpha value is -3.21. The second kappa shape index (κ2) is 10.2. The Morgan fingerprint density at radius 3 is 2.68 bits per heavy atom. The third kappa shape index (κ3) is 6.14. The molecule has 2 heterocycles. The minimum absolute atomic E-state index is 0.00914. The van der Waals surface area contributed by atoms with Crippen LogP contribution in [-0.4, -0.2) is 39.6 Å². The summed E-state index contributed by atoms with van der Waals surface area (Å²) < 4.78 is 43.1. The molecule has 2 N–H and O–H groups in total. The molecule has 0 aliphatic carbocycles. The summed E-state index contributed by atoms with van der Waals surface area (Å²) in [5.74, 6) is 0.438. The molecule has 0 unspecified atom stereocenters. The zero-order chi connectivity index (χ0) is 22.3. The highest BCUT2D eigenvalue weighted by Gasteiger charge is 2.18. The Balaban J connectivity index is 1.69. The van der Waals surface area contributed by atoms with Gasteiger partial charge < -0.3 is 19.2 Å². The molecule has 0 saturated heterocycles. The molecule has 0 radical (unpaired) electrons. The number of furan rings is 1. The SMILES string of the molecule is COCCOc1ccc(NC(=O)c2cc(S(=O)(=O)NCc3ccco3)ccc2C)cn1. The first-order valence-corrected chi connectivity index (χ1v) is 10.9. The molecule has 1 amide bonds. The number of aromatic nitrogens is 1. The van der Waals surface area contributed by atoms with Gasteiger partial charge in [-0.25, -0.2) is 18.1 Å². The largest absolute Gasteiger partial charge is 0.475 e. The van der Waals surface area contributed by atoms with Crippen LogP contribution in [0.15, 0.2) is 64.2 Å². The Morgan fingerprint density at radius 1 is 1.16 bits per heavy atom. The molecule has 9 nitrogen and oxygen atoms in total. The van der Waals surface area contributed by atoms with Gasteiger partial charge >= 0.3 is 0 Å². The first-order chi connectivity index (χ1) is 14.9. The van der Waals surface area contributed by atoms with Gasteiger partial charge in [-0.05, 0) is 42.8 Å². The standard InChI is InChI=1S/C21H23N3O6S/c1-15-5-7-18(31(26,27)23-14-17-4-3-9-29-17)12-19(15)21(25)24-16-6-8-20(22-13-16)30-11-10-28-2/h3-9,12-13,23H,10-11,14H2,1-2H3,(H,24,25). The quantitative estimate of drug-likeness (QED) is 0.461. The first-order valence-electron chi connectivity index (χ1n) is 9.41. The summed E-state index contributed by atoms with van der Waals surface area (Å²) in [7, 11) is -2.25. The smallest absolute Gasteiger partial charge is 0.256 e. The molecule has 164 valence electrons. The van der Waals surface area contributed by atoms with Crippen molar-refractivity contribution in [3.05, 3.63) is 71.8 Å². The zero-order valence-electron chi connectivity index (χ0n) is 17.1. The van der Waals surface area contributed by atoms with Crippen molar-refractivity contribution >= 4 is 21.6 Å². The van der Waals surface area contributed by atoms with Crippen LogP contribution >= 0.6 is 0 Å². The summed E-state index contributed by atoms with van der Waals surface area (Å²) in [6.45, 7) is 2.54. The number of aryl methyl sites for hydroxylation is 1.